The summed E-state index contributed by atoms with van der Waals surface area (Å²) in [6.45, 7) is 3.75. The molecule has 0 heterocycles. The summed E-state index contributed by atoms with van der Waals surface area (Å²) < 4.78 is 26.2. The number of hydrogen-bond acceptors (Lipinski definition) is 1. The van der Waals surface area contributed by atoms with Crippen LogP contribution in [0.25, 0.3) is 0 Å². The topological polar surface area (TPSA) is 29.1 Å². The van der Waals surface area contributed by atoms with Gasteiger partial charge < -0.3 is 5.32 Å². The van der Waals surface area contributed by atoms with Crippen LogP contribution in [0.15, 0.2) is 18.2 Å². The summed E-state index contributed by atoms with van der Waals surface area (Å²) in [6, 6.07) is 3.41. The SMILES string of the molecule is CC(C)(CNC(=O)S)c1ccc(F)cc1F. The molecule has 0 spiro atoms. The van der Waals surface area contributed by atoms with Crippen LogP contribution >= 0.6 is 12.6 Å². The molecule has 0 saturated carbocycles. The zero-order valence-electron chi connectivity index (χ0n) is 9.05. The maximum atomic E-state index is 13.5. The minimum absolute atomic E-state index is 0.234. The fraction of sp³-hybridized carbons (Fsp3) is 0.364. The fourth-order valence-electron chi connectivity index (χ4n) is 1.43. The molecule has 16 heavy (non-hydrogen) atoms. The lowest BCUT2D eigenvalue weighted by molar-refractivity contribution is 0.258. The number of nitrogens with one attached hydrogen (secondary N) is 1. The zero-order chi connectivity index (χ0) is 12.3. The number of benzene rings is 1. The lowest BCUT2D eigenvalue weighted by atomic mass is 9.84. The van der Waals surface area contributed by atoms with E-state index in [1.54, 1.807) is 13.8 Å². The summed E-state index contributed by atoms with van der Waals surface area (Å²) >= 11 is 3.56. The summed E-state index contributed by atoms with van der Waals surface area (Å²) in [5.41, 5.74) is -0.258. The molecule has 1 amide bonds. The Balaban J connectivity index is 2.92. The Morgan fingerprint density at radius 3 is 2.56 bits per heavy atom. The van der Waals surface area contributed by atoms with Crippen LogP contribution in [0.3, 0.4) is 0 Å². The van der Waals surface area contributed by atoms with Crippen molar-refractivity contribution in [3.8, 4) is 0 Å². The molecule has 1 aromatic carbocycles. The van der Waals surface area contributed by atoms with Gasteiger partial charge in [-0.3, -0.25) is 4.79 Å². The van der Waals surface area contributed by atoms with E-state index in [-0.39, 0.29) is 6.54 Å². The summed E-state index contributed by atoms with van der Waals surface area (Å²) in [5, 5.41) is 2.01. The van der Waals surface area contributed by atoms with E-state index in [1.807, 2.05) is 0 Å². The normalized spacial score (nSPS) is 11.3. The van der Waals surface area contributed by atoms with Crippen LogP contribution in [-0.4, -0.2) is 11.8 Å². The van der Waals surface area contributed by atoms with Gasteiger partial charge in [0.25, 0.3) is 5.24 Å². The van der Waals surface area contributed by atoms with Gasteiger partial charge in [0.1, 0.15) is 11.6 Å². The highest BCUT2D eigenvalue weighted by atomic mass is 32.1. The fourth-order valence-corrected chi connectivity index (χ4v) is 1.51. The number of carbonyl (C=O) groups is 1. The molecule has 1 rings (SSSR count). The van der Waals surface area contributed by atoms with Crippen LogP contribution in [-0.2, 0) is 5.41 Å². The molecule has 0 unspecified atom stereocenters. The molecule has 0 aliphatic carbocycles. The average Bonchev–Trinajstić information content (AvgIpc) is 2.14. The van der Waals surface area contributed by atoms with Crippen molar-refractivity contribution < 1.29 is 13.6 Å². The second-order valence-corrected chi connectivity index (χ2v) is 4.57. The molecule has 88 valence electrons. The number of rotatable bonds is 3. The maximum absolute atomic E-state index is 13.5. The summed E-state index contributed by atoms with van der Waals surface area (Å²) in [6.07, 6.45) is 0. The van der Waals surface area contributed by atoms with Gasteiger partial charge in [-0.25, -0.2) is 8.78 Å². The Hall–Kier alpha value is -1.10. The van der Waals surface area contributed by atoms with Crippen molar-refractivity contribution >= 4 is 17.9 Å². The van der Waals surface area contributed by atoms with Gasteiger partial charge in [0, 0.05) is 18.0 Å². The molecular weight excluding hydrogens is 232 g/mol. The minimum atomic E-state index is -0.615. The highest BCUT2D eigenvalue weighted by molar-refractivity contribution is 7.96. The van der Waals surface area contributed by atoms with Gasteiger partial charge in [0.15, 0.2) is 0 Å². The van der Waals surface area contributed by atoms with Crippen molar-refractivity contribution in [1.82, 2.24) is 5.32 Å². The number of halogens is 2. The minimum Gasteiger partial charge on any atom is -0.346 e. The molecule has 1 N–H and O–H groups in total. The van der Waals surface area contributed by atoms with E-state index >= 15 is 0 Å². The van der Waals surface area contributed by atoms with Gasteiger partial charge >= 0.3 is 0 Å². The first kappa shape index (κ1) is 13.0. The van der Waals surface area contributed by atoms with E-state index < -0.39 is 22.3 Å². The quantitative estimate of drug-likeness (QED) is 0.788. The molecular formula is C11H13F2NOS. The Labute approximate surface area is 98.5 Å². The third-order valence-electron chi connectivity index (χ3n) is 2.34. The van der Waals surface area contributed by atoms with E-state index in [9.17, 15) is 13.6 Å². The molecule has 0 aromatic heterocycles. The molecule has 0 fully saturated rings. The van der Waals surface area contributed by atoms with Crippen LogP contribution in [0.2, 0.25) is 0 Å². The van der Waals surface area contributed by atoms with Crippen molar-refractivity contribution in [1.29, 1.82) is 0 Å². The van der Waals surface area contributed by atoms with Gasteiger partial charge in [-0.15, -0.1) is 0 Å². The van der Waals surface area contributed by atoms with Crippen molar-refractivity contribution in [2.24, 2.45) is 0 Å². The maximum Gasteiger partial charge on any atom is 0.276 e. The van der Waals surface area contributed by atoms with Crippen LogP contribution in [0.4, 0.5) is 13.6 Å². The van der Waals surface area contributed by atoms with Crippen molar-refractivity contribution in [3.63, 3.8) is 0 Å². The van der Waals surface area contributed by atoms with Crippen LogP contribution in [0, 0.1) is 11.6 Å². The highest BCUT2D eigenvalue weighted by Crippen LogP contribution is 2.25. The molecule has 0 aliphatic heterocycles. The number of hydrogen-bond donors (Lipinski definition) is 2. The lowest BCUT2D eigenvalue weighted by Gasteiger charge is -2.25. The Morgan fingerprint density at radius 2 is 2.06 bits per heavy atom. The van der Waals surface area contributed by atoms with Crippen LogP contribution < -0.4 is 5.32 Å². The second-order valence-electron chi connectivity index (χ2n) is 4.17. The van der Waals surface area contributed by atoms with E-state index in [4.69, 9.17) is 0 Å². The first-order chi connectivity index (χ1) is 7.33. The smallest absolute Gasteiger partial charge is 0.276 e. The lowest BCUT2D eigenvalue weighted by Crippen LogP contribution is -2.35. The molecule has 0 atom stereocenters. The van der Waals surface area contributed by atoms with E-state index in [2.05, 4.69) is 17.9 Å². The molecule has 5 heteroatoms. The zero-order valence-corrected chi connectivity index (χ0v) is 9.94. The Kier molecular flexibility index (Phi) is 3.91. The van der Waals surface area contributed by atoms with Crippen molar-refractivity contribution in [2.45, 2.75) is 19.3 Å². The van der Waals surface area contributed by atoms with Crippen molar-refractivity contribution in [3.05, 3.63) is 35.4 Å². The summed E-state index contributed by atoms with van der Waals surface area (Å²) in [5.74, 6) is -1.23. The van der Waals surface area contributed by atoms with Gasteiger partial charge in [-0.2, -0.15) is 0 Å². The third-order valence-corrected chi connectivity index (χ3v) is 2.50. The average molecular weight is 245 g/mol. The highest BCUT2D eigenvalue weighted by Gasteiger charge is 2.24. The largest absolute Gasteiger partial charge is 0.346 e. The van der Waals surface area contributed by atoms with E-state index in [1.165, 1.54) is 12.1 Å². The molecule has 2 nitrogen and oxygen atoms in total. The first-order valence-corrected chi connectivity index (χ1v) is 5.20. The van der Waals surface area contributed by atoms with Gasteiger partial charge in [-0.1, -0.05) is 32.5 Å². The predicted molar refractivity (Wildman–Crippen MR) is 61.8 cm³/mol. The van der Waals surface area contributed by atoms with E-state index in [0.29, 0.717) is 5.56 Å². The number of thiol groups is 1. The number of carbonyl (C=O) groups excluding carboxylic acids is 1. The summed E-state index contributed by atoms with van der Waals surface area (Å²) in [7, 11) is 0. The first-order valence-electron chi connectivity index (χ1n) is 4.75. The van der Waals surface area contributed by atoms with Gasteiger partial charge in [0.2, 0.25) is 0 Å². The van der Waals surface area contributed by atoms with E-state index in [0.717, 1.165) is 6.07 Å². The molecule has 1 aromatic rings. The Bertz CT molecular complexity index is 407. The second kappa shape index (κ2) is 4.82. The number of amides is 1. The van der Waals surface area contributed by atoms with Crippen LogP contribution in [0.1, 0.15) is 19.4 Å². The van der Waals surface area contributed by atoms with Gasteiger partial charge in [-0.05, 0) is 11.6 Å². The van der Waals surface area contributed by atoms with Crippen LogP contribution in [0.5, 0.6) is 0 Å². The molecule has 0 saturated heterocycles. The van der Waals surface area contributed by atoms with Crippen molar-refractivity contribution in [2.75, 3.05) is 6.54 Å². The Morgan fingerprint density at radius 1 is 1.44 bits per heavy atom. The monoisotopic (exact) mass is 245 g/mol. The summed E-state index contributed by atoms with van der Waals surface area (Å²) in [4.78, 5) is 10.7. The predicted octanol–water partition coefficient (Wildman–Crippen LogP) is 2.88. The molecule has 0 bridgehead atoms. The van der Waals surface area contributed by atoms with Gasteiger partial charge in [0.05, 0.1) is 0 Å². The standard InChI is InChI=1S/C11H13F2NOS/c1-11(2,6-14-10(15)16)8-4-3-7(12)5-9(8)13/h3-5H,6H2,1-2H3,(H2,14,15,16). The molecule has 0 radical (unpaired) electrons. The molecule has 0 aliphatic rings. The third kappa shape index (κ3) is 3.20.